The normalized spacial score (nSPS) is 19.0. The van der Waals surface area contributed by atoms with Crippen LogP contribution in [0.25, 0.3) is 5.76 Å². The summed E-state index contributed by atoms with van der Waals surface area (Å²) < 4.78 is 11.4. The molecular weight excluding hydrogens is 522 g/mol. The Balaban J connectivity index is 1.60. The van der Waals surface area contributed by atoms with Gasteiger partial charge in [0.15, 0.2) is 0 Å². The molecule has 0 aromatic heterocycles. The fourth-order valence-corrected chi connectivity index (χ4v) is 5.33. The average Bonchev–Trinajstić information content (AvgIpc) is 3.24. The van der Waals surface area contributed by atoms with E-state index in [0.29, 0.717) is 36.0 Å². The molecule has 0 spiro atoms. The number of piperazine rings is 1. The van der Waals surface area contributed by atoms with Crippen molar-refractivity contribution in [2.45, 2.75) is 19.9 Å². The quantitative estimate of drug-likeness (QED) is 0.236. The van der Waals surface area contributed by atoms with Crippen molar-refractivity contribution in [3.05, 3.63) is 83.4 Å². The van der Waals surface area contributed by atoms with E-state index in [9.17, 15) is 19.8 Å². The Morgan fingerprint density at radius 1 is 0.854 bits per heavy atom. The number of phenolic OH excluding ortho intramolecular Hbond substituents is 1. The zero-order chi connectivity index (χ0) is 29.1. The van der Waals surface area contributed by atoms with Gasteiger partial charge in [-0.15, -0.1) is 0 Å². The number of carbonyl (C=O) groups is 2. The Hall–Kier alpha value is -4.50. The number of nitrogens with zero attached hydrogens (tertiary/aromatic N) is 3. The molecule has 9 heteroatoms. The molecule has 2 N–H and O–H groups in total. The molecule has 2 saturated heterocycles. The maximum atomic E-state index is 13.6. The molecule has 2 fully saturated rings. The first kappa shape index (κ1) is 28.0. The first-order chi connectivity index (χ1) is 19.8. The highest BCUT2D eigenvalue weighted by Gasteiger charge is 2.47. The highest BCUT2D eigenvalue weighted by molar-refractivity contribution is 6.51. The third-order valence-corrected chi connectivity index (χ3v) is 7.47. The van der Waals surface area contributed by atoms with Crippen LogP contribution in [0.4, 0.5) is 11.4 Å². The second kappa shape index (κ2) is 11.9. The number of anilines is 2. The summed E-state index contributed by atoms with van der Waals surface area (Å²) in [6.07, 6.45) is 0. The zero-order valence-corrected chi connectivity index (χ0v) is 23.5. The molecule has 0 saturated carbocycles. The van der Waals surface area contributed by atoms with Crippen LogP contribution >= 0.6 is 0 Å². The van der Waals surface area contributed by atoms with Crippen molar-refractivity contribution in [1.82, 2.24) is 4.90 Å². The van der Waals surface area contributed by atoms with Crippen molar-refractivity contribution in [1.29, 1.82) is 0 Å². The van der Waals surface area contributed by atoms with Crippen LogP contribution < -0.4 is 19.3 Å². The van der Waals surface area contributed by atoms with Crippen LogP contribution in [0.3, 0.4) is 0 Å². The summed E-state index contributed by atoms with van der Waals surface area (Å²) in [5.41, 5.74) is 2.35. The lowest BCUT2D eigenvalue weighted by atomic mass is 9.94. The number of likely N-dealkylation sites (N-methyl/N-ethyl adjacent to an activating group) is 1. The molecule has 9 nitrogen and oxygen atoms in total. The van der Waals surface area contributed by atoms with Gasteiger partial charge in [-0.05, 0) is 75.0 Å². The third kappa shape index (κ3) is 5.58. The maximum absolute atomic E-state index is 13.6. The Morgan fingerprint density at radius 3 is 2.12 bits per heavy atom. The number of aromatic hydroxyl groups is 1. The summed E-state index contributed by atoms with van der Waals surface area (Å²) in [5, 5.41) is 21.6. The second-order valence-corrected chi connectivity index (χ2v) is 10.1. The van der Waals surface area contributed by atoms with E-state index in [4.69, 9.17) is 9.47 Å². The van der Waals surface area contributed by atoms with Gasteiger partial charge in [-0.25, -0.2) is 0 Å². The van der Waals surface area contributed by atoms with E-state index in [1.807, 2.05) is 38.1 Å². The molecule has 1 unspecified atom stereocenters. The van der Waals surface area contributed by atoms with Crippen molar-refractivity contribution in [3.63, 3.8) is 0 Å². The van der Waals surface area contributed by atoms with E-state index in [2.05, 4.69) is 16.8 Å². The molecule has 3 aromatic carbocycles. The zero-order valence-electron chi connectivity index (χ0n) is 23.5. The fraction of sp³-hybridized carbons (Fsp3) is 0.312. The summed E-state index contributed by atoms with van der Waals surface area (Å²) in [6, 6.07) is 17.9. The van der Waals surface area contributed by atoms with Crippen LogP contribution in [0.2, 0.25) is 0 Å². The maximum Gasteiger partial charge on any atom is 0.300 e. The van der Waals surface area contributed by atoms with Gasteiger partial charge < -0.3 is 29.5 Å². The van der Waals surface area contributed by atoms with Crippen molar-refractivity contribution < 1.29 is 29.3 Å². The van der Waals surface area contributed by atoms with Crippen LogP contribution in [0.5, 0.6) is 17.2 Å². The number of aliphatic hydroxyl groups excluding tert-OH is 1. The number of benzene rings is 3. The largest absolute Gasteiger partial charge is 0.508 e. The average molecular weight is 558 g/mol. The minimum Gasteiger partial charge on any atom is -0.508 e. The molecule has 2 aliphatic heterocycles. The number of hydrogen-bond acceptors (Lipinski definition) is 8. The molecule has 0 bridgehead atoms. The summed E-state index contributed by atoms with van der Waals surface area (Å²) >= 11 is 0. The summed E-state index contributed by atoms with van der Waals surface area (Å²) in [4.78, 5) is 33.2. The molecule has 0 radical (unpaired) electrons. The van der Waals surface area contributed by atoms with Gasteiger partial charge in [0, 0.05) is 43.6 Å². The van der Waals surface area contributed by atoms with E-state index < -0.39 is 17.7 Å². The summed E-state index contributed by atoms with van der Waals surface area (Å²) in [6.45, 7) is 8.19. The van der Waals surface area contributed by atoms with E-state index in [-0.39, 0.29) is 22.6 Å². The highest BCUT2D eigenvalue weighted by atomic mass is 16.5. The molecule has 2 aliphatic rings. The number of ether oxygens (including phenoxy) is 2. The Labute approximate surface area is 239 Å². The van der Waals surface area contributed by atoms with Gasteiger partial charge >= 0.3 is 0 Å². The van der Waals surface area contributed by atoms with E-state index in [0.717, 1.165) is 31.9 Å². The third-order valence-electron chi connectivity index (χ3n) is 7.47. The van der Waals surface area contributed by atoms with Gasteiger partial charge in [-0.2, -0.15) is 0 Å². The summed E-state index contributed by atoms with van der Waals surface area (Å²) in [7, 11) is 2.10. The number of ketones is 1. The Kier molecular flexibility index (Phi) is 8.16. The van der Waals surface area contributed by atoms with Crippen molar-refractivity contribution in [2.24, 2.45) is 0 Å². The van der Waals surface area contributed by atoms with Crippen molar-refractivity contribution >= 4 is 28.8 Å². The highest BCUT2D eigenvalue weighted by Crippen LogP contribution is 2.44. The number of aliphatic hydroxyl groups is 1. The van der Waals surface area contributed by atoms with Crippen LogP contribution in [0.1, 0.15) is 31.0 Å². The lowest BCUT2D eigenvalue weighted by Gasteiger charge is -2.34. The topological polar surface area (TPSA) is 103 Å². The van der Waals surface area contributed by atoms with E-state index >= 15 is 0 Å². The number of hydrogen-bond donors (Lipinski definition) is 2. The number of phenols is 1. The van der Waals surface area contributed by atoms with Gasteiger partial charge in [0.2, 0.25) is 0 Å². The minimum atomic E-state index is -0.925. The SMILES string of the molecule is CCOc1ccc(/C(O)=C2/C(=O)C(=O)N(c3ccc(N4CCN(C)CC4)cc3)C2c2ccc(O)cc2)c(OCC)c1. The van der Waals surface area contributed by atoms with Crippen LogP contribution in [0.15, 0.2) is 72.3 Å². The molecule has 214 valence electrons. The molecule has 1 atom stereocenters. The van der Waals surface area contributed by atoms with Crippen molar-refractivity contribution in [2.75, 3.05) is 56.2 Å². The van der Waals surface area contributed by atoms with Gasteiger partial charge in [-0.1, -0.05) is 12.1 Å². The van der Waals surface area contributed by atoms with Crippen LogP contribution in [-0.4, -0.2) is 73.2 Å². The molecule has 2 heterocycles. The first-order valence-electron chi connectivity index (χ1n) is 13.9. The Morgan fingerprint density at radius 2 is 1.49 bits per heavy atom. The predicted octanol–water partition coefficient (Wildman–Crippen LogP) is 4.57. The number of rotatable bonds is 8. The smallest absolute Gasteiger partial charge is 0.300 e. The van der Waals surface area contributed by atoms with Crippen LogP contribution in [-0.2, 0) is 9.59 Å². The van der Waals surface area contributed by atoms with Crippen LogP contribution in [0, 0.1) is 0 Å². The number of amides is 1. The van der Waals surface area contributed by atoms with Gasteiger partial charge in [-0.3, -0.25) is 14.5 Å². The first-order valence-corrected chi connectivity index (χ1v) is 13.9. The van der Waals surface area contributed by atoms with Gasteiger partial charge in [0.1, 0.15) is 23.0 Å². The number of carbonyl (C=O) groups excluding carboxylic acids is 2. The molecule has 41 heavy (non-hydrogen) atoms. The fourth-order valence-electron chi connectivity index (χ4n) is 5.33. The number of Topliss-reactive ketones (excluding diaryl/α,β-unsaturated/α-hetero) is 1. The lowest BCUT2D eigenvalue weighted by molar-refractivity contribution is -0.132. The molecular formula is C32H35N3O6. The lowest BCUT2D eigenvalue weighted by Crippen LogP contribution is -2.44. The molecule has 1 amide bonds. The minimum absolute atomic E-state index is 0.0485. The van der Waals surface area contributed by atoms with E-state index in [1.165, 1.54) is 17.0 Å². The van der Waals surface area contributed by atoms with Gasteiger partial charge in [0.25, 0.3) is 11.7 Å². The second-order valence-electron chi connectivity index (χ2n) is 10.1. The van der Waals surface area contributed by atoms with Crippen molar-refractivity contribution in [3.8, 4) is 17.2 Å². The monoisotopic (exact) mass is 557 g/mol. The summed E-state index contributed by atoms with van der Waals surface area (Å²) in [5.74, 6) is -0.954. The van der Waals surface area contributed by atoms with E-state index in [1.54, 1.807) is 30.3 Å². The molecule has 3 aromatic rings. The molecule has 0 aliphatic carbocycles. The van der Waals surface area contributed by atoms with Gasteiger partial charge in [0.05, 0.1) is 30.4 Å². The molecule has 5 rings (SSSR count). The Bertz CT molecular complexity index is 1440. The standard InChI is InChI=1S/C32H35N3O6/c1-4-40-25-14-15-26(27(20-25)41-5-2)30(37)28-29(21-6-12-24(36)13-7-21)35(32(39)31(28)38)23-10-8-22(9-11-23)34-18-16-33(3)17-19-34/h6-15,20,29,36-37H,4-5,16-19H2,1-3H3/b30-28-. The predicted molar refractivity (Wildman–Crippen MR) is 158 cm³/mol.